The third-order valence-electron chi connectivity index (χ3n) is 3.53. The highest BCUT2D eigenvalue weighted by molar-refractivity contribution is 14.0. The molecule has 0 atom stereocenters. The number of carbonyl (C=O) groups is 1. The summed E-state index contributed by atoms with van der Waals surface area (Å²) in [4.78, 5) is 15.7. The van der Waals surface area contributed by atoms with Gasteiger partial charge in [0.1, 0.15) is 11.5 Å². The van der Waals surface area contributed by atoms with Crippen LogP contribution in [0.4, 0.5) is 5.69 Å². The number of hydrogen-bond acceptors (Lipinski definition) is 3. The first-order valence-corrected chi connectivity index (χ1v) is 8.72. The maximum absolute atomic E-state index is 11.4. The number of amides is 1. The summed E-state index contributed by atoms with van der Waals surface area (Å²) in [5.41, 5.74) is 6.71. The van der Waals surface area contributed by atoms with Gasteiger partial charge in [0.15, 0.2) is 5.96 Å². The van der Waals surface area contributed by atoms with Crippen LogP contribution in [-0.4, -0.2) is 25.0 Å². The van der Waals surface area contributed by atoms with E-state index in [1.54, 1.807) is 0 Å². The number of anilines is 1. The number of halogens is 1. The first kappa shape index (κ1) is 22.8. The van der Waals surface area contributed by atoms with Crippen molar-refractivity contribution in [1.29, 1.82) is 0 Å². The Morgan fingerprint density at radius 3 is 2.52 bits per heavy atom. The predicted octanol–water partition coefficient (Wildman–Crippen LogP) is 3.99. The van der Waals surface area contributed by atoms with E-state index < -0.39 is 0 Å². The second-order valence-corrected chi connectivity index (χ2v) is 6.13. The van der Waals surface area contributed by atoms with Gasteiger partial charge in [-0.05, 0) is 30.7 Å². The van der Waals surface area contributed by atoms with Crippen LogP contribution in [0.5, 0.6) is 11.5 Å². The van der Waals surface area contributed by atoms with Crippen LogP contribution in [0.15, 0.2) is 59.6 Å². The second kappa shape index (κ2) is 12.2. The summed E-state index contributed by atoms with van der Waals surface area (Å²) in [5.74, 6) is 1.86. The average Bonchev–Trinajstić information content (AvgIpc) is 2.62. The number of nitrogens with zero attached hydrogens (tertiary/aromatic N) is 1. The summed E-state index contributed by atoms with van der Waals surface area (Å²) < 4.78 is 5.79. The predicted molar refractivity (Wildman–Crippen MR) is 121 cm³/mol. The van der Waals surface area contributed by atoms with Gasteiger partial charge >= 0.3 is 0 Å². The molecule has 0 radical (unpaired) electrons. The molecule has 7 heteroatoms. The molecule has 0 aliphatic heterocycles. The number of benzene rings is 2. The molecule has 0 heterocycles. The standard InChI is InChI=1S/C20H26N4O2.HI/c1-15(2)19(25)22-12-7-13-23-20(21)24-16-8-6-11-18(14-16)26-17-9-4-3-5-10-17;/h3-6,8-11,14-15H,7,12-13H2,1-2H3,(H,22,25)(H3,21,23,24);1H. The van der Waals surface area contributed by atoms with Gasteiger partial charge in [0.25, 0.3) is 0 Å². The van der Waals surface area contributed by atoms with Crippen LogP contribution in [0.25, 0.3) is 0 Å². The van der Waals surface area contributed by atoms with Crippen LogP contribution in [-0.2, 0) is 4.79 Å². The monoisotopic (exact) mass is 482 g/mol. The van der Waals surface area contributed by atoms with Gasteiger partial charge in [-0.3, -0.25) is 9.79 Å². The largest absolute Gasteiger partial charge is 0.457 e. The van der Waals surface area contributed by atoms with E-state index in [0.29, 0.717) is 24.8 Å². The number of guanidine groups is 1. The second-order valence-electron chi connectivity index (χ2n) is 6.13. The molecular formula is C20H27IN4O2. The molecule has 4 N–H and O–H groups in total. The number of rotatable bonds is 8. The molecule has 27 heavy (non-hydrogen) atoms. The van der Waals surface area contributed by atoms with Crippen LogP contribution >= 0.6 is 24.0 Å². The van der Waals surface area contributed by atoms with Crippen LogP contribution < -0.4 is 21.1 Å². The number of aliphatic imine (C=N–C) groups is 1. The lowest BCUT2D eigenvalue weighted by molar-refractivity contribution is -0.123. The van der Waals surface area contributed by atoms with Gasteiger partial charge in [0.2, 0.25) is 5.91 Å². The summed E-state index contributed by atoms with van der Waals surface area (Å²) in [7, 11) is 0. The van der Waals surface area contributed by atoms with Crippen molar-refractivity contribution in [3.63, 3.8) is 0 Å². The smallest absolute Gasteiger partial charge is 0.222 e. The van der Waals surface area contributed by atoms with Gasteiger partial charge in [0.05, 0.1) is 0 Å². The minimum absolute atomic E-state index is 0. The number of carbonyl (C=O) groups excluding carboxylic acids is 1. The molecule has 1 amide bonds. The number of para-hydroxylation sites is 1. The van der Waals surface area contributed by atoms with Gasteiger partial charge in [-0.1, -0.05) is 38.1 Å². The van der Waals surface area contributed by atoms with Crippen molar-refractivity contribution in [2.45, 2.75) is 20.3 Å². The molecule has 6 nitrogen and oxygen atoms in total. The van der Waals surface area contributed by atoms with Crippen molar-refractivity contribution in [3.8, 4) is 11.5 Å². The van der Waals surface area contributed by atoms with Crippen molar-refractivity contribution in [1.82, 2.24) is 5.32 Å². The van der Waals surface area contributed by atoms with Crippen molar-refractivity contribution < 1.29 is 9.53 Å². The maximum Gasteiger partial charge on any atom is 0.222 e. The van der Waals surface area contributed by atoms with Crippen LogP contribution in [0.2, 0.25) is 0 Å². The Hall–Kier alpha value is -2.29. The molecule has 2 aromatic rings. The summed E-state index contributed by atoms with van der Waals surface area (Å²) in [6.45, 7) is 4.86. The summed E-state index contributed by atoms with van der Waals surface area (Å²) >= 11 is 0. The third-order valence-corrected chi connectivity index (χ3v) is 3.53. The molecule has 0 aromatic heterocycles. The first-order chi connectivity index (χ1) is 12.5. The van der Waals surface area contributed by atoms with Gasteiger partial charge in [0, 0.05) is 30.8 Å². The molecule has 0 spiro atoms. The molecule has 0 aliphatic carbocycles. The molecule has 0 aliphatic rings. The lowest BCUT2D eigenvalue weighted by Crippen LogP contribution is -2.29. The maximum atomic E-state index is 11.4. The van der Waals surface area contributed by atoms with E-state index in [1.165, 1.54) is 0 Å². The normalized spacial score (nSPS) is 10.9. The number of nitrogens with one attached hydrogen (secondary N) is 2. The highest BCUT2D eigenvalue weighted by Gasteiger charge is 2.04. The fourth-order valence-electron chi connectivity index (χ4n) is 2.14. The molecule has 146 valence electrons. The van der Waals surface area contributed by atoms with Crippen molar-refractivity contribution in [3.05, 3.63) is 54.6 Å². The Morgan fingerprint density at radius 2 is 1.81 bits per heavy atom. The Labute approximate surface area is 177 Å². The van der Waals surface area contributed by atoms with Crippen molar-refractivity contribution in [2.75, 3.05) is 18.4 Å². The topological polar surface area (TPSA) is 88.7 Å². The van der Waals surface area contributed by atoms with E-state index in [2.05, 4.69) is 15.6 Å². The van der Waals surface area contributed by atoms with Gasteiger partial charge in [-0.15, -0.1) is 24.0 Å². The summed E-state index contributed by atoms with van der Waals surface area (Å²) in [5, 5.41) is 5.90. The highest BCUT2D eigenvalue weighted by Crippen LogP contribution is 2.23. The van der Waals surface area contributed by atoms with Crippen molar-refractivity contribution in [2.24, 2.45) is 16.6 Å². The summed E-state index contributed by atoms with van der Waals surface area (Å²) in [6, 6.07) is 17.1. The van der Waals surface area contributed by atoms with E-state index in [-0.39, 0.29) is 35.8 Å². The minimum atomic E-state index is -0.00406. The Bertz CT molecular complexity index is 736. The number of nitrogens with two attached hydrogens (primary N) is 1. The van der Waals surface area contributed by atoms with Gasteiger partial charge in [-0.25, -0.2) is 0 Å². The molecule has 0 saturated carbocycles. The quantitative estimate of drug-likeness (QED) is 0.230. The minimum Gasteiger partial charge on any atom is -0.457 e. The molecule has 0 bridgehead atoms. The molecular weight excluding hydrogens is 455 g/mol. The van der Waals surface area contributed by atoms with Crippen LogP contribution in [0.1, 0.15) is 20.3 Å². The Kier molecular flexibility index (Phi) is 10.2. The van der Waals surface area contributed by atoms with E-state index >= 15 is 0 Å². The number of hydrogen-bond donors (Lipinski definition) is 3. The Balaban J connectivity index is 0.00000364. The van der Waals surface area contributed by atoms with Crippen molar-refractivity contribution >= 4 is 41.5 Å². The van der Waals surface area contributed by atoms with E-state index in [1.807, 2.05) is 68.4 Å². The summed E-state index contributed by atoms with van der Waals surface area (Å²) in [6.07, 6.45) is 0.734. The number of ether oxygens (including phenoxy) is 1. The first-order valence-electron chi connectivity index (χ1n) is 8.72. The average molecular weight is 482 g/mol. The SMILES string of the molecule is CC(C)C(=O)NCCCN=C(N)Nc1cccc(Oc2ccccc2)c1.I. The van der Waals surface area contributed by atoms with Crippen LogP contribution in [0.3, 0.4) is 0 Å². The zero-order chi connectivity index (χ0) is 18.8. The zero-order valence-corrected chi connectivity index (χ0v) is 18.0. The van der Waals surface area contributed by atoms with Gasteiger partial charge in [-0.2, -0.15) is 0 Å². The fraction of sp³-hybridized carbons (Fsp3) is 0.300. The fourth-order valence-corrected chi connectivity index (χ4v) is 2.14. The Morgan fingerprint density at radius 1 is 1.11 bits per heavy atom. The third kappa shape index (κ3) is 8.76. The molecule has 0 saturated heterocycles. The lowest BCUT2D eigenvalue weighted by Gasteiger charge is -2.09. The zero-order valence-electron chi connectivity index (χ0n) is 15.6. The molecule has 2 rings (SSSR count). The highest BCUT2D eigenvalue weighted by atomic mass is 127. The van der Waals surface area contributed by atoms with Gasteiger partial charge < -0.3 is 21.1 Å². The lowest BCUT2D eigenvalue weighted by atomic mass is 10.2. The van der Waals surface area contributed by atoms with Crippen LogP contribution in [0, 0.1) is 5.92 Å². The molecule has 0 fully saturated rings. The van der Waals surface area contributed by atoms with E-state index in [9.17, 15) is 4.79 Å². The molecule has 2 aromatic carbocycles. The van der Waals surface area contributed by atoms with E-state index in [4.69, 9.17) is 10.5 Å². The van der Waals surface area contributed by atoms with E-state index in [0.717, 1.165) is 17.9 Å². The molecule has 0 unspecified atom stereocenters.